The lowest BCUT2D eigenvalue weighted by Crippen LogP contribution is -2.38. The van der Waals surface area contributed by atoms with Crippen molar-refractivity contribution in [2.24, 2.45) is 0 Å². The second-order valence-corrected chi connectivity index (χ2v) is 5.88. The van der Waals surface area contributed by atoms with Gasteiger partial charge < -0.3 is 4.74 Å². The van der Waals surface area contributed by atoms with Gasteiger partial charge in [0.2, 0.25) is 0 Å². The van der Waals surface area contributed by atoms with Crippen LogP contribution in [0.3, 0.4) is 0 Å². The normalized spacial score (nSPS) is 18.4. The van der Waals surface area contributed by atoms with Crippen molar-refractivity contribution >= 4 is 0 Å². The quantitative estimate of drug-likeness (QED) is 0.759. The van der Waals surface area contributed by atoms with Crippen molar-refractivity contribution in [2.75, 3.05) is 26.2 Å². The molecule has 0 unspecified atom stereocenters. The average molecular weight is 345 g/mol. The number of halogens is 3. The molecule has 1 aliphatic rings. The molecule has 1 atom stereocenters. The van der Waals surface area contributed by atoms with E-state index < -0.39 is 11.7 Å². The number of morpholine rings is 1. The molecule has 0 saturated carbocycles. The summed E-state index contributed by atoms with van der Waals surface area (Å²) < 4.78 is 43.4. The van der Waals surface area contributed by atoms with Crippen LogP contribution in [0.25, 0.3) is 0 Å². The molecule has 1 aliphatic heterocycles. The van der Waals surface area contributed by atoms with Crippen molar-refractivity contribution in [3.8, 4) is 11.8 Å². The van der Waals surface area contributed by atoms with Crippen molar-refractivity contribution in [1.82, 2.24) is 4.90 Å². The molecule has 0 spiro atoms. The Bertz CT molecular complexity index is 744. The number of rotatable bonds is 2. The lowest BCUT2D eigenvalue weighted by molar-refractivity contribution is -0.137. The van der Waals surface area contributed by atoms with Crippen LogP contribution in [0, 0.1) is 11.8 Å². The maximum absolute atomic E-state index is 12.5. The highest BCUT2D eigenvalue weighted by Crippen LogP contribution is 2.29. The minimum atomic E-state index is -4.31. The van der Waals surface area contributed by atoms with Crippen LogP contribution in [0.4, 0.5) is 13.2 Å². The van der Waals surface area contributed by atoms with Gasteiger partial charge in [0.05, 0.1) is 24.8 Å². The first kappa shape index (κ1) is 17.5. The summed E-state index contributed by atoms with van der Waals surface area (Å²) in [6.45, 7) is 2.76. The molecule has 0 bridgehead atoms. The van der Waals surface area contributed by atoms with Gasteiger partial charge in [0.1, 0.15) is 0 Å². The van der Waals surface area contributed by atoms with E-state index in [1.54, 1.807) is 0 Å². The molecule has 25 heavy (non-hydrogen) atoms. The standard InChI is InChI=1S/C20H18F3NO/c21-20(22,23)18-10-8-16(9-11-18)5-4-12-24-13-14-25-19(15-24)17-6-2-1-3-7-17/h1-3,6-11,19H,12-15H2/t19-/m1/s1. The lowest BCUT2D eigenvalue weighted by atomic mass is 10.1. The molecule has 0 radical (unpaired) electrons. The minimum Gasteiger partial charge on any atom is -0.371 e. The van der Waals surface area contributed by atoms with Crippen molar-refractivity contribution < 1.29 is 17.9 Å². The van der Waals surface area contributed by atoms with E-state index >= 15 is 0 Å². The molecule has 0 N–H and O–H groups in total. The molecule has 1 saturated heterocycles. The van der Waals surface area contributed by atoms with Gasteiger partial charge in [0.25, 0.3) is 0 Å². The van der Waals surface area contributed by atoms with E-state index in [1.807, 2.05) is 30.3 Å². The third kappa shape index (κ3) is 4.85. The molecule has 2 nitrogen and oxygen atoms in total. The maximum Gasteiger partial charge on any atom is 0.416 e. The van der Waals surface area contributed by atoms with Gasteiger partial charge in [-0.3, -0.25) is 4.90 Å². The van der Waals surface area contributed by atoms with Crippen LogP contribution < -0.4 is 0 Å². The highest BCUT2D eigenvalue weighted by Gasteiger charge is 2.29. The van der Waals surface area contributed by atoms with E-state index in [2.05, 4.69) is 16.7 Å². The maximum atomic E-state index is 12.5. The molecular formula is C20H18F3NO. The fourth-order valence-corrected chi connectivity index (χ4v) is 2.71. The smallest absolute Gasteiger partial charge is 0.371 e. The number of benzene rings is 2. The number of hydrogen-bond donors (Lipinski definition) is 0. The Morgan fingerprint density at radius 2 is 1.76 bits per heavy atom. The van der Waals surface area contributed by atoms with Crippen LogP contribution in [0.5, 0.6) is 0 Å². The Morgan fingerprint density at radius 1 is 1.04 bits per heavy atom. The first-order valence-corrected chi connectivity index (χ1v) is 8.07. The Kier molecular flexibility index (Phi) is 5.42. The van der Waals surface area contributed by atoms with Crippen LogP contribution in [0.2, 0.25) is 0 Å². The minimum absolute atomic E-state index is 0.0304. The van der Waals surface area contributed by atoms with Crippen LogP contribution in [-0.2, 0) is 10.9 Å². The fraction of sp³-hybridized carbons (Fsp3) is 0.300. The van der Waals surface area contributed by atoms with Gasteiger partial charge in [0.15, 0.2) is 0 Å². The Labute approximate surface area is 145 Å². The number of ether oxygens (including phenoxy) is 1. The molecule has 3 rings (SSSR count). The number of alkyl halides is 3. The van der Waals surface area contributed by atoms with E-state index in [1.165, 1.54) is 12.1 Å². The average Bonchev–Trinajstić information content (AvgIpc) is 2.62. The van der Waals surface area contributed by atoms with Gasteiger partial charge in [-0.1, -0.05) is 42.2 Å². The predicted molar refractivity (Wildman–Crippen MR) is 89.9 cm³/mol. The second kappa shape index (κ2) is 7.73. The first-order valence-electron chi connectivity index (χ1n) is 8.07. The zero-order valence-corrected chi connectivity index (χ0v) is 13.6. The summed E-state index contributed by atoms with van der Waals surface area (Å²) >= 11 is 0. The molecule has 0 aliphatic carbocycles. The monoisotopic (exact) mass is 345 g/mol. The van der Waals surface area contributed by atoms with E-state index in [0.29, 0.717) is 18.7 Å². The highest BCUT2D eigenvalue weighted by atomic mass is 19.4. The number of nitrogens with zero attached hydrogens (tertiary/aromatic N) is 1. The SMILES string of the molecule is FC(F)(F)c1ccc(C#CCN2CCO[C@@H](c3ccccc3)C2)cc1. The molecule has 5 heteroatoms. The fourth-order valence-electron chi connectivity index (χ4n) is 2.71. The first-order chi connectivity index (χ1) is 12.0. The van der Waals surface area contributed by atoms with Crippen molar-refractivity contribution in [1.29, 1.82) is 0 Å². The Balaban J connectivity index is 1.58. The van der Waals surface area contributed by atoms with E-state index in [0.717, 1.165) is 30.8 Å². The second-order valence-electron chi connectivity index (χ2n) is 5.88. The molecule has 2 aromatic carbocycles. The zero-order chi connectivity index (χ0) is 17.7. The van der Waals surface area contributed by atoms with Crippen molar-refractivity contribution in [2.45, 2.75) is 12.3 Å². The van der Waals surface area contributed by atoms with Gasteiger partial charge in [-0.2, -0.15) is 13.2 Å². The Hall–Kier alpha value is -2.29. The van der Waals surface area contributed by atoms with Crippen LogP contribution >= 0.6 is 0 Å². The molecule has 1 heterocycles. The van der Waals surface area contributed by atoms with Gasteiger partial charge >= 0.3 is 6.18 Å². The Morgan fingerprint density at radius 3 is 2.44 bits per heavy atom. The molecule has 0 aromatic heterocycles. The molecular weight excluding hydrogens is 327 g/mol. The number of hydrogen-bond acceptors (Lipinski definition) is 2. The highest BCUT2D eigenvalue weighted by molar-refractivity contribution is 5.37. The zero-order valence-electron chi connectivity index (χ0n) is 13.6. The molecule has 130 valence electrons. The summed E-state index contributed by atoms with van der Waals surface area (Å²) in [5, 5.41) is 0. The largest absolute Gasteiger partial charge is 0.416 e. The van der Waals surface area contributed by atoms with Gasteiger partial charge in [-0.15, -0.1) is 0 Å². The van der Waals surface area contributed by atoms with Crippen LogP contribution in [0.1, 0.15) is 22.8 Å². The third-order valence-corrected chi connectivity index (χ3v) is 4.07. The molecule has 2 aromatic rings. The van der Waals surface area contributed by atoms with Gasteiger partial charge in [0, 0.05) is 18.7 Å². The summed E-state index contributed by atoms with van der Waals surface area (Å²) in [5.41, 5.74) is 1.07. The lowest BCUT2D eigenvalue weighted by Gasteiger charge is -2.31. The van der Waals surface area contributed by atoms with Gasteiger partial charge in [-0.05, 0) is 29.8 Å². The summed E-state index contributed by atoms with van der Waals surface area (Å²) in [4.78, 5) is 2.19. The van der Waals surface area contributed by atoms with Crippen LogP contribution in [0.15, 0.2) is 54.6 Å². The van der Waals surface area contributed by atoms with E-state index in [-0.39, 0.29) is 6.10 Å². The van der Waals surface area contributed by atoms with E-state index in [4.69, 9.17) is 4.74 Å². The summed E-state index contributed by atoms with van der Waals surface area (Å²) in [7, 11) is 0. The summed E-state index contributed by atoms with van der Waals surface area (Å²) in [5.74, 6) is 5.97. The third-order valence-electron chi connectivity index (χ3n) is 4.07. The summed E-state index contributed by atoms with van der Waals surface area (Å²) in [6.07, 6.45) is -4.28. The molecule has 1 fully saturated rings. The predicted octanol–water partition coefficient (Wildman–Crippen LogP) is 4.13. The van der Waals surface area contributed by atoms with Crippen molar-refractivity contribution in [3.63, 3.8) is 0 Å². The topological polar surface area (TPSA) is 12.5 Å². The van der Waals surface area contributed by atoms with Crippen molar-refractivity contribution in [3.05, 3.63) is 71.3 Å². The molecule has 0 amide bonds. The van der Waals surface area contributed by atoms with Crippen LogP contribution in [-0.4, -0.2) is 31.1 Å². The van der Waals surface area contributed by atoms with E-state index in [9.17, 15) is 13.2 Å². The van der Waals surface area contributed by atoms with Gasteiger partial charge in [-0.25, -0.2) is 0 Å². The summed E-state index contributed by atoms with van der Waals surface area (Å²) in [6, 6.07) is 15.0.